The van der Waals surface area contributed by atoms with Crippen molar-refractivity contribution < 1.29 is 4.74 Å². The monoisotopic (exact) mass is 271 g/mol. The van der Waals surface area contributed by atoms with Crippen molar-refractivity contribution in [2.45, 2.75) is 6.04 Å². The summed E-state index contributed by atoms with van der Waals surface area (Å²) in [4.78, 5) is 0. The number of nitrogens with one attached hydrogen (secondary N) is 1. The van der Waals surface area contributed by atoms with Gasteiger partial charge in [-0.25, -0.2) is 0 Å². The van der Waals surface area contributed by atoms with Gasteiger partial charge in [-0.3, -0.25) is 0 Å². The molecule has 1 aliphatic rings. The lowest BCUT2D eigenvalue weighted by atomic mass is 9.99. The number of ether oxygens (including phenoxy) is 1. The molecule has 0 aromatic heterocycles. The van der Waals surface area contributed by atoms with Gasteiger partial charge in [0.15, 0.2) is 0 Å². The van der Waals surface area contributed by atoms with Crippen molar-refractivity contribution in [3.05, 3.63) is 65.7 Å². The zero-order chi connectivity index (χ0) is 13.2. The van der Waals surface area contributed by atoms with Gasteiger partial charge < -0.3 is 10.1 Å². The molecule has 2 aromatic rings. The van der Waals surface area contributed by atoms with Crippen molar-refractivity contribution in [3.8, 4) is 5.75 Å². The van der Waals surface area contributed by atoms with Crippen molar-refractivity contribution in [1.82, 2.24) is 0 Å². The maximum atomic E-state index is 6.37. The molecule has 0 fully saturated rings. The van der Waals surface area contributed by atoms with Crippen molar-refractivity contribution in [2.75, 3.05) is 12.4 Å². The van der Waals surface area contributed by atoms with Crippen LogP contribution < -0.4 is 10.1 Å². The highest BCUT2D eigenvalue weighted by Crippen LogP contribution is 2.38. The molecule has 0 amide bonds. The molecule has 0 saturated heterocycles. The average Bonchev–Trinajstić information content (AvgIpc) is 2.47. The van der Waals surface area contributed by atoms with Crippen LogP contribution in [0.3, 0.4) is 0 Å². The van der Waals surface area contributed by atoms with E-state index in [-0.39, 0.29) is 6.04 Å². The number of rotatable bonds is 2. The number of fused-ring (bicyclic) bond motifs is 1. The molecule has 3 rings (SSSR count). The second-order valence-electron chi connectivity index (χ2n) is 4.46. The first-order valence-electron chi connectivity index (χ1n) is 6.15. The molecule has 1 atom stereocenters. The van der Waals surface area contributed by atoms with Crippen LogP contribution in [0.25, 0.3) is 5.03 Å². The lowest BCUT2D eigenvalue weighted by Crippen LogP contribution is -2.13. The molecule has 0 radical (unpaired) electrons. The molecular weight excluding hydrogens is 258 g/mol. The topological polar surface area (TPSA) is 21.3 Å². The smallest absolute Gasteiger partial charge is 0.120 e. The van der Waals surface area contributed by atoms with Gasteiger partial charge in [0.05, 0.1) is 13.2 Å². The zero-order valence-corrected chi connectivity index (χ0v) is 11.3. The Balaban J connectivity index is 2.00. The molecule has 0 aliphatic carbocycles. The Morgan fingerprint density at radius 1 is 1.11 bits per heavy atom. The Kier molecular flexibility index (Phi) is 3.18. The molecule has 0 bridgehead atoms. The maximum absolute atomic E-state index is 6.37. The van der Waals surface area contributed by atoms with Crippen molar-refractivity contribution >= 4 is 22.3 Å². The van der Waals surface area contributed by atoms with E-state index >= 15 is 0 Å². The number of anilines is 1. The number of benzene rings is 2. The molecule has 0 spiro atoms. The Hall–Kier alpha value is -1.93. The lowest BCUT2D eigenvalue weighted by molar-refractivity contribution is 0.415. The summed E-state index contributed by atoms with van der Waals surface area (Å²) in [5.74, 6) is 0.824. The van der Waals surface area contributed by atoms with Crippen LogP contribution in [0.15, 0.2) is 54.6 Å². The fraction of sp³-hybridized carbons (Fsp3) is 0.125. The van der Waals surface area contributed by atoms with Gasteiger partial charge in [0, 0.05) is 22.3 Å². The van der Waals surface area contributed by atoms with E-state index in [1.54, 1.807) is 7.11 Å². The van der Waals surface area contributed by atoms with Crippen LogP contribution in [-0.2, 0) is 0 Å². The molecule has 1 aliphatic heterocycles. The van der Waals surface area contributed by atoms with E-state index in [2.05, 4.69) is 17.4 Å². The largest absolute Gasteiger partial charge is 0.497 e. The summed E-state index contributed by atoms with van der Waals surface area (Å²) < 4.78 is 5.25. The highest BCUT2D eigenvalue weighted by atomic mass is 35.5. The first-order chi connectivity index (χ1) is 9.28. The van der Waals surface area contributed by atoms with E-state index in [9.17, 15) is 0 Å². The molecule has 2 nitrogen and oxygen atoms in total. The molecule has 1 N–H and O–H groups in total. The van der Waals surface area contributed by atoms with Crippen LogP contribution in [0.5, 0.6) is 5.75 Å². The molecule has 0 saturated carbocycles. The Morgan fingerprint density at radius 2 is 1.89 bits per heavy atom. The van der Waals surface area contributed by atoms with Crippen LogP contribution in [-0.4, -0.2) is 7.11 Å². The SMILES string of the molecule is COc1ccc2c(c1)NC(c1ccccc1)C=C2Cl. The Labute approximate surface area is 117 Å². The van der Waals surface area contributed by atoms with Crippen molar-refractivity contribution in [3.63, 3.8) is 0 Å². The highest BCUT2D eigenvalue weighted by Gasteiger charge is 2.19. The van der Waals surface area contributed by atoms with Gasteiger partial charge in [-0.1, -0.05) is 41.9 Å². The predicted molar refractivity (Wildman–Crippen MR) is 79.6 cm³/mol. The van der Waals surface area contributed by atoms with E-state index in [0.717, 1.165) is 22.0 Å². The van der Waals surface area contributed by atoms with Crippen molar-refractivity contribution in [1.29, 1.82) is 0 Å². The minimum Gasteiger partial charge on any atom is -0.497 e. The number of methoxy groups -OCH3 is 1. The van der Waals surface area contributed by atoms with Gasteiger partial charge in [-0.15, -0.1) is 0 Å². The standard InChI is InChI=1S/C16H14ClNO/c1-19-12-7-8-13-14(17)10-15(18-16(13)9-12)11-5-3-2-4-6-11/h2-10,15,18H,1H3. The average molecular weight is 272 g/mol. The molecule has 3 heteroatoms. The predicted octanol–water partition coefficient (Wildman–Crippen LogP) is 4.44. The summed E-state index contributed by atoms with van der Waals surface area (Å²) in [6.45, 7) is 0. The van der Waals surface area contributed by atoms with Crippen LogP contribution in [0, 0.1) is 0 Å². The summed E-state index contributed by atoms with van der Waals surface area (Å²) in [6, 6.07) is 16.2. The number of hydrogen-bond donors (Lipinski definition) is 1. The lowest BCUT2D eigenvalue weighted by Gasteiger charge is -2.25. The van der Waals surface area contributed by atoms with Gasteiger partial charge >= 0.3 is 0 Å². The maximum Gasteiger partial charge on any atom is 0.120 e. The van der Waals surface area contributed by atoms with E-state index in [1.165, 1.54) is 5.56 Å². The first-order valence-corrected chi connectivity index (χ1v) is 6.53. The number of halogens is 1. The van der Waals surface area contributed by atoms with Crippen LogP contribution in [0.1, 0.15) is 17.2 Å². The van der Waals surface area contributed by atoms with Gasteiger partial charge in [0.2, 0.25) is 0 Å². The van der Waals surface area contributed by atoms with Crippen LogP contribution >= 0.6 is 11.6 Å². The van der Waals surface area contributed by atoms with E-state index in [4.69, 9.17) is 16.3 Å². The van der Waals surface area contributed by atoms with Crippen LogP contribution in [0.2, 0.25) is 0 Å². The Morgan fingerprint density at radius 3 is 2.63 bits per heavy atom. The quantitative estimate of drug-likeness (QED) is 0.872. The first kappa shape index (κ1) is 12.1. The molecule has 1 unspecified atom stereocenters. The van der Waals surface area contributed by atoms with Crippen molar-refractivity contribution in [2.24, 2.45) is 0 Å². The fourth-order valence-corrected chi connectivity index (χ4v) is 2.55. The summed E-state index contributed by atoms with van der Waals surface area (Å²) in [7, 11) is 1.66. The summed E-state index contributed by atoms with van der Waals surface area (Å²) in [5.41, 5.74) is 3.20. The molecule has 1 heterocycles. The molecule has 19 heavy (non-hydrogen) atoms. The van der Waals surface area contributed by atoms with Crippen LogP contribution in [0.4, 0.5) is 5.69 Å². The summed E-state index contributed by atoms with van der Waals surface area (Å²) in [5, 5.41) is 4.25. The third kappa shape index (κ3) is 2.32. The Bertz CT molecular complexity index is 622. The second-order valence-corrected chi connectivity index (χ2v) is 4.87. The third-order valence-electron chi connectivity index (χ3n) is 3.27. The van der Waals surface area contributed by atoms with Gasteiger partial charge in [-0.05, 0) is 23.8 Å². The third-order valence-corrected chi connectivity index (χ3v) is 3.60. The minimum atomic E-state index is 0.0910. The number of hydrogen-bond acceptors (Lipinski definition) is 2. The van der Waals surface area contributed by atoms with E-state index in [1.807, 2.05) is 42.5 Å². The van der Waals surface area contributed by atoms with Gasteiger partial charge in [-0.2, -0.15) is 0 Å². The second kappa shape index (κ2) is 4.98. The van der Waals surface area contributed by atoms with E-state index in [0.29, 0.717) is 0 Å². The normalized spacial score (nSPS) is 17.2. The van der Waals surface area contributed by atoms with E-state index < -0.39 is 0 Å². The highest BCUT2D eigenvalue weighted by molar-refractivity contribution is 6.49. The van der Waals surface area contributed by atoms with Gasteiger partial charge in [0.25, 0.3) is 0 Å². The molecular formula is C16H14ClNO. The zero-order valence-electron chi connectivity index (χ0n) is 10.6. The molecule has 2 aromatic carbocycles. The summed E-state index contributed by atoms with van der Waals surface area (Å²) in [6.07, 6.45) is 2.03. The fourth-order valence-electron chi connectivity index (χ4n) is 2.26. The molecule has 96 valence electrons. The van der Waals surface area contributed by atoms with Gasteiger partial charge in [0.1, 0.15) is 5.75 Å². The summed E-state index contributed by atoms with van der Waals surface area (Å²) >= 11 is 6.37. The minimum absolute atomic E-state index is 0.0910.